The molecule has 0 aliphatic carbocycles. The average molecular weight is 381 g/mol. The van der Waals surface area contributed by atoms with Gasteiger partial charge in [0.2, 0.25) is 0 Å². The van der Waals surface area contributed by atoms with Crippen LogP contribution in [0.2, 0.25) is 0 Å². The number of benzene rings is 2. The third-order valence-corrected chi connectivity index (χ3v) is 5.43. The summed E-state index contributed by atoms with van der Waals surface area (Å²) in [7, 11) is 0. The molecule has 1 fully saturated rings. The molecule has 0 bridgehead atoms. The topological polar surface area (TPSA) is 38.8 Å². The molecule has 1 saturated heterocycles. The standard InChI is InChI=1S/C23H32N4O/c1-4-26(5-2)22-12-10-21(11-13-22)24-23(28)27-16-14-25(15-17-27)18-20-8-6-19(3)7-9-20/h6-13H,4-5,14-18H2,1-3H3,(H,24,28). The third kappa shape index (κ3) is 5.26. The van der Waals surface area contributed by atoms with Crippen molar-refractivity contribution in [3.8, 4) is 0 Å². The van der Waals surface area contributed by atoms with E-state index in [0.29, 0.717) is 0 Å². The van der Waals surface area contributed by atoms with E-state index in [0.717, 1.165) is 51.5 Å². The van der Waals surface area contributed by atoms with E-state index in [1.54, 1.807) is 0 Å². The van der Waals surface area contributed by atoms with Crippen LogP contribution in [0, 0.1) is 6.92 Å². The number of carbonyl (C=O) groups excluding carboxylic acids is 1. The second-order valence-corrected chi connectivity index (χ2v) is 7.40. The number of urea groups is 1. The van der Waals surface area contributed by atoms with Crippen LogP contribution in [-0.2, 0) is 6.54 Å². The molecule has 0 unspecified atom stereocenters. The van der Waals surface area contributed by atoms with Gasteiger partial charge in [-0.05, 0) is 50.6 Å². The zero-order valence-corrected chi connectivity index (χ0v) is 17.3. The number of carbonyl (C=O) groups is 1. The molecule has 28 heavy (non-hydrogen) atoms. The Balaban J connectivity index is 1.47. The van der Waals surface area contributed by atoms with Crippen LogP contribution in [0.3, 0.4) is 0 Å². The van der Waals surface area contributed by atoms with Crippen molar-refractivity contribution in [1.82, 2.24) is 9.80 Å². The largest absolute Gasteiger partial charge is 0.372 e. The van der Waals surface area contributed by atoms with Crippen LogP contribution in [-0.4, -0.2) is 55.1 Å². The van der Waals surface area contributed by atoms with Gasteiger partial charge in [-0.15, -0.1) is 0 Å². The molecular weight excluding hydrogens is 348 g/mol. The van der Waals surface area contributed by atoms with Crippen LogP contribution in [0.5, 0.6) is 0 Å². The summed E-state index contributed by atoms with van der Waals surface area (Å²) in [6, 6.07) is 16.8. The van der Waals surface area contributed by atoms with Crippen molar-refractivity contribution in [2.24, 2.45) is 0 Å². The molecule has 1 aliphatic heterocycles. The molecule has 2 amide bonds. The summed E-state index contributed by atoms with van der Waals surface area (Å²) in [5.74, 6) is 0. The Bertz CT molecular complexity index is 745. The molecule has 0 atom stereocenters. The Morgan fingerprint density at radius 1 is 0.929 bits per heavy atom. The molecule has 1 heterocycles. The van der Waals surface area contributed by atoms with Crippen molar-refractivity contribution < 1.29 is 4.79 Å². The maximum atomic E-state index is 12.6. The predicted molar refractivity (Wildman–Crippen MR) is 117 cm³/mol. The summed E-state index contributed by atoms with van der Waals surface area (Å²) >= 11 is 0. The fourth-order valence-corrected chi connectivity index (χ4v) is 3.61. The molecule has 150 valence electrons. The Morgan fingerprint density at radius 2 is 1.54 bits per heavy atom. The normalized spacial score (nSPS) is 14.8. The zero-order valence-electron chi connectivity index (χ0n) is 17.3. The van der Waals surface area contributed by atoms with Crippen molar-refractivity contribution in [3.63, 3.8) is 0 Å². The van der Waals surface area contributed by atoms with Gasteiger partial charge >= 0.3 is 6.03 Å². The zero-order chi connectivity index (χ0) is 19.9. The summed E-state index contributed by atoms with van der Waals surface area (Å²) < 4.78 is 0. The lowest BCUT2D eigenvalue weighted by Crippen LogP contribution is -2.49. The van der Waals surface area contributed by atoms with Gasteiger partial charge in [-0.25, -0.2) is 4.79 Å². The van der Waals surface area contributed by atoms with Gasteiger partial charge in [-0.1, -0.05) is 29.8 Å². The second kappa shape index (κ2) is 9.60. The lowest BCUT2D eigenvalue weighted by molar-refractivity contribution is 0.143. The molecular formula is C23H32N4O. The van der Waals surface area contributed by atoms with E-state index >= 15 is 0 Å². The minimum Gasteiger partial charge on any atom is -0.372 e. The molecule has 5 heteroatoms. The van der Waals surface area contributed by atoms with E-state index in [1.165, 1.54) is 16.8 Å². The molecule has 5 nitrogen and oxygen atoms in total. The lowest BCUT2D eigenvalue weighted by atomic mass is 10.1. The van der Waals surface area contributed by atoms with Gasteiger partial charge in [0.15, 0.2) is 0 Å². The molecule has 2 aromatic rings. The summed E-state index contributed by atoms with van der Waals surface area (Å²) in [6.45, 7) is 12.6. The maximum absolute atomic E-state index is 12.6. The molecule has 1 aliphatic rings. The fraction of sp³-hybridized carbons (Fsp3) is 0.435. The molecule has 0 radical (unpaired) electrons. The SMILES string of the molecule is CCN(CC)c1ccc(NC(=O)N2CCN(Cc3ccc(C)cc3)CC2)cc1. The Kier molecular flexibility index (Phi) is 6.93. The Labute approximate surface area is 168 Å². The van der Waals surface area contributed by atoms with Crippen molar-refractivity contribution in [1.29, 1.82) is 0 Å². The van der Waals surface area contributed by atoms with Crippen LogP contribution in [0.4, 0.5) is 16.2 Å². The number of rotatable bonds is 6. The predicted octanol–water partition coefficient (Wildman–Crippen LogP) is 4.19. The number of nitrogens with one attached hydrogen (secondary N) is 1. The summed E-state index contributed by atoms with van der Waals surface area (Å²) in [6.07, 6.45) is 0. The van der Waals surface area contributed by atoms with E-state index < -0.39 is 0 Å². The number of nitrogens with zero attached hydrogens (tertiary/aromatic N) is 3. The molecule has 2 aromatic carbocycles. The highest BCUT2D eigenvalue weighted by molar-refractivity contribution is 5.89. The first kappa shape index (κ1) is 20.2. The van der Waals surface area contributed by atoms with Crippen LogP contribution >= 0.6 is 0 Å². The third-order valence-electron chi connectivity index (χ3n) is 5.43. The van der Waals surface area contributed by atoms with Crippen LogP contribution in [0.1, 0.15) is 25.0 Å². The number of piperazine rings is 1. The van der Waals surface area contributed by atoms with Gasteiger partial charge in [0.05, 0.1) is 0 Å². The van der Waals surface area contributed by atoms with Crippen molar-refractivity contribution in [3.05, 3.63) is 59.7 Å². The average Bonchev–Trinajstić information content (AvgIpc) is 2.72. The molecule has 1 N–H and O–H groups in total. The van der Waals surface area contributed by atoms with E-state index in [1.807, 2.05) is 17.0 Å². The molecule has 0 saturated carbocycles. The summed E-state index contributed by atoms with van der Waals surface area (Å²) in [5.41, 5.74) is 4.66. The van der Waals surface area contributed by atoms with Gasteiger partial charge in [-0.3, -0.25) is 4.90 Å². The molecule has 0 aromatic heterocycles. The van der Waals surface area contributed by atoms with E-state index in [2.05, 4.69) is 72.3 Å². The number of aryl methyl sites for hydroxylation is 1. The van der Waals surface area contributed by atoms with Crippen LogP contribution in [0.15, 0.2) is 48.5 Å². The Morgan fingerprint density at radius 3 is 2.11 bits per heavy atom. The first-order chi connectivity index (χ1) is 13.6. The second-order valence-electron chi connectivity index (χ2n) is 7.40. The lowest BCUT2D eigenvalue weighted by Gasteiger charge is -2.34. The van der Waals surface area contributed by atoms with Gasteiger partial charge < -0.3 is 15.1 Å². The number of amides is 2. The van der Waals surface area contributed by atoms with Crippen molar-refractivity contribution >= 4 is 17.4 Å². The molecule has 3 rings (SSSR count). The van der Waals surface area contributed by atoms with Crippen molar-refractivity contribution in [2.45, 2.75) is 27.3 Å². The fourth-order valence-electron chi connectivity index (χ4n) is 3.61. The monoisotopic (exact) mass is 380 g/mol. The highest BCUT2D eigenvalue weighted by Gasteiger charge is 2.21. The summed E-state index contributed by atoms with van der Waals surface area (Å²) in [4.78, 5) is 19.2. The van der Waals surface area contributed by atoms with Gasteiger partial charge in [0, 0.05) is 57.2 Å². The number of anilines is 2. The van der Waals surface area contributed by atoms with Crippen LogP contribution in [0.25, 0.3) is 0 Å². The highest BCUT2D eigenvalue weighted by atomic mass is 16.2. The quantitative estimate of drug-likeness (QED) is 0.817. The highest BCUT2D eigenvalue weighted by Crippen LogP contribution is 2.18. The van der Waals surface area contributed by atoms with Gasteiger partial charge in [0.25, 0.3) is 0 Å². The van der Waals surface area contributed by atoms with E-state index in [4.69, 9.17) is 0 Å². The Hall–Kier alpha value is -2.53. The first-order valence-electron chi connectivity index (χ1n) is 10.3. The van der Waals surface area contributed by atoms with Gasteiger partial charge in [0.1, 0.15) is 0 Å². The van der Waals surface area contributed by atoms with E-state index in [9.17, 15) is 4.79 Å². The minimum atomic E-state index is -0.00873. The van der Waals surface area contributed by atoms with Crippen molar-refractivity contribution in [2.75, 3.05) is 49.5 Å². The number of hydrogen-bond acceptors (Lipinski definition) is 3. The smallest absolute Gasteiger partial charge is 0.321 e. The van der Waals surface area contributed by atoms with Crippen LogP contribution < -0.4 is 10.2 Å². The molecule has 0 spiro atoms. The first-order valence-corrected chi connectivity index (χ1v) is 10.3. The minimum absolute atomic E-state index is 0.00873. The summed E-state index contributed by atoms with van der Waals surface area (Å²) in [5, 5.41) is 3.03. The number of hydrogen-bond donors (Lipinski definition) is 1. The van der Waals surface area contributed by atoms with E-state index in [-0.39, 0.29) is 6.03 Å². The maximum Gasteiger partial charge on any atom is 0.321 e. The van der Waals surface area contributed by atoms with Gasteiger partial charge in [-0.2, -0.15) is 0 Å².